The molecule has 26 heavy (non-hydrogen) atoms. The van der Waals surface area contributed by atoms with Gasteiger partial charge < -0.3 is 14.8 Å². The minimum absolute atomic E-state index is 0.00698. The third kappa shape index (κ3) is 5.77. The Morgan fingerprint density at radius 3 is 2.19 bits per heavy atom. The molecule has 0 aliphatic carbocycles. The molecule has 0 atom stereocenters. The number of amides is 1. The van der Waals surface area contributed by atoms with Crippen molar-refractivity contribution in [3.8, 4) is 11.5 Å². The van der Waals surface area contributed by atoms with Crippen molar-refractivity contribution in [2.24, 2.45) is 0 Å². The lowest BCUT2D eigenvalue weighted by Crippen LogP contribution is -2.34. The first-order valence-corrected chi connectivity index (χ1v) is 8.79. The van der Waals surface area contributed by atoms with Gasteiger partial charge in [0.1, 0.15) is 0 Å². The Morgan fingerprint density at radius 2 is 1.58 bits per heavy atom. The minimum atomic E-state index is -0.00698. The normalized spacial score (nSPS) is 10.7. The highest BCUT2D eigenvalue weighted by atomic mass is 16.5. The van der Waals surface area contributed by atoms with Crippen LogP contribution >= 0.6 is 0 Å². The maximum absolute atomic E-state index is 12.2. The summed E-state index contributed by atoms with van der Waals surface area (Å²) in [5.74, 6) is 1.33. The summed E-state index contributed by atoms with van der Waals surface area (Å²) >= 11 is 0. The van der Waals surface area contributed by atoms with Crippen LogP contribution in [0, 0.1) is 0 Å². The molecule has 1 N–H and O–H groups in total. The van der Waals surface area contributed by atoms with E-state index in [1.807, 2.05) is 30.1 Å². The van der Waals surface area contributed by atoms with E-state index in [0.29, 0.717) is 24.6 Å². The quantitative estimate of drug-likeness (QED) is 0.750. The SMILES string of the molecule is CCc1ccc(CN(C)CC(=O)NCc2ccc(OC)c(OC)c2)cc1. The molecular formula is C21H28N2O3. The van der Waals surface area contributed by atoms with Crippen molar-refractivity contribution < 1.29 is 14.3 Å². The predicted octanol–water partition coefficient (Wildman–Crippen LogP) is 3.01. The summed E-state index contributed by atoms with van der Waals surface area (Å²) in [6.07, 6.45) is 1.04. The molecule has 0 saturated carbocycles. The van der Waals surface area contributed by atoms with Crippen LogP contribution in [0.15, 0.2) is 42.5 Å². The maximum atomic E-state index is 12.2. The second-order valence-electron chi connectivity index (χ2n) is 6.31. The van der Waals surface area contributed by atoms with Gasteiger partial charge in [-0.15, -0.1) is 0 Å². The summed E-state index contributed by atoms with van der Waals surface area (Å²) < 4.78 is 10.5. The van der Waals surface area contributed by atoms with E-state index >= 15 is 0 Å². The standard InChI is InChI=1S/C21H28N2O3/c1-5-16-6-8-17(9-7-16)14-23(2)15-21(24)22-13-18-10-11-19(25-3)20(12-18)26-4/h6-12H,5,13-15H2,1-4H3,(H,22,24). The third-order valence-corrected chi connectivity index (χ3v) is 4.23. The van der Waals surface area contributed by atoms with Crippen LogP contribution in [-0.2, 0) is 24.3 Å². The van der Waals surface area contributed by atoms with Gasteiger partial charge in [-0.1, -0.05) is 37.3 Å². The Kier molecular flexibility index (Phi) is 7.48. The molecule has 0 radical (unpaired) electrons. The number of carbonyl (C=O) groups is 1. The van der Waals surface area contributed by atoms with E-state index < -0.39 is 0 Å². The third-order valence-electron chi connectivity index (χ3n) is 4.23. The highest BCUT2D eigenvalue weighted by molar-refractivity contribution is 5.78. The molecule has 5 nitrogen and oxygen atoms in total. The molecule has 0 unspecified atom stereocenters. The fraction of sp³-hybridized carbons (Fsp3) is 0.381. The Bertz CT molecular complexity index is 714. The van der Waals surface area contributed by atoms with E-state index in [1.165, 1.54) is 11.1 Å². The molecule has 0 bridgehead atoms. The molecule has 2 aromatic rings. The lowest BCUT2D eigenvalue weighted by atomic mass is 10.1. The van der Waals surface area contributed by atoms with Gasteiger partial charge in [0.2, 0.25) is 5.91 Å². The molecule has 0 fully saturated rings. The second-order valence-corrected chi connectivity index (χ2v) is 6.31. The number of likely N-dealkylation sites (N-methyl/N-ethyl adjacent to an activating group) is 1. The van der Waals surface area contributed by atoms with Crippen LogP contribution in [0.2, 0.25) is 0 Å². The topological polar surface area (TPSA) is 50.8 Å². The zero-order valence-electron chi connectivity index (χ0n) is 16.0. The zero-order chi connectivity index (χ0) is 18.9. The molecule has 0 spiro atoms. The van der Waals surface area contributed by atoms with Gasteiger partial charge in [-0.25, -0.2) is 0 Å². The van der Waals surface area contributed by atoms with Crippen molar-refractivity contribution >= 4 is 5.91 Å². The average molecular weight is 356 g/mol. The van der Waals surface area contributed by atoms with Crippen LogP contribution in [-0.4, -0.2) is 38.6 Å². The van der Waals surface area contributed by atoms with Crippen LogP contribution in [0.5, 0.6) is 11.5 Å². The summed E-state index contributed by atoms with van der Waals surface area (Å²) in [6.45, 7) is 3.69. The van der Waals surface area contributed by atoms with Crippen molar-refractivity contribution in [3.05, 3.63) is 59.2 Å². The molecule has 1 amide bonds. The lowest BCUT2D eigenvalue weighted by molar-refractivity contribution is -0.122. The number of benzene rings is 2. The lowest BCUT2D eigenvalue weighted by Gasteiger charge is -2.17. The number of hydrogen-bond donors (Lipinski definition) is 1. The molecule has 0 saturated heterocycles. The number of nitrogens with zero attached hydrogens (tertiary/aromatic N) is 1. The zero-order valence-corrected chi connectivity index (χ0v) is 16.0. The minimum Gasteiger partial charge on any atom is -0.493 e. The average Bonchev–Trinajstić information content (AvgIpc) is 2.66. The molecule has 0 aromatic heterocycles. The summed E-state index contributed by atoms with van der Waals surface area (Å²) in [5, 5.41) is 2.95. The summed E-state index contributed by atoms with van der Waals surface area (Å²) in [4.78, 5) is 14.2. The number of carbonyl (C=O) groups excluding carboxylic acids is 1. The van der Waals surface area contributed by atoms with Gasteiger partial charge in [-0.2, -0.15) is 0 Å². The van der Waals surface area contributed by atoms with E-state index in [9.17, 15) is 4.79 Å². The van der Waals surface area contributed by atoms with Crippen molar-refractivity contribution in [1.29, 1.82) is 0 Å². The van der Waals surface area contributed by atoms with Crippen molar-refractivity contribution in [3.63, 3.8) is 0 Å². The fourth-order valence-corrected chi connectivity index (χ4v) is 2.74. The van der Waals surface area contributed by atoms with Crippen LogP contribution in [0.25, 0.3) is 0 Å². The Morgan fingerprint density at radius 1 is 0.962 bits per heavy atom. The first-order chi connectivity index (χ1) is 12.5. The molecule has 5 heteroatoms. The Labute approximate surface area is 155 Å². The molecular weight excluding hydrogens is 328 g/mol. The summed E-state index contributed by atoms with van der Waals surface area (Å²) in [7, 11) is 5.15. The summed E-state index contributed by atoms with van der Waals surface area (Å²) in [6, 6.07) is 14.2. The summed E-state index contributed by atoms with van der Waals surface area (Å²) in [5.41, 5.74) is 3.50. The highest BCUT2D eigenvalue weighted by Gasteiger charge is 2.09. The number of hydrogen-bond acceptors (Lipinski definition) is 4. The molecule has 0 aliphatic rings. The van der Waals surface area contributed by atoms with Crippen LogP contribution < -0.4 is 14.8 Å². The van der Waals surface area contributed by atoms with Gasteiger partial charge >= 0.3 is 0 Å². The maximum Gasteiger partial charge on any atom is 0.234 e. The van der Waals surface area contributed by atoms with Gasteiger partial charge in [-0.3, -0.25) is 9.69 Å². The van der Waals surface area contributed by atoms with Gasteiger partial charge in [0.15, 0.2) is 11.5 Å². The van der Waals surface area contributed by atoms with E-state index in [2.05, 4.69) is 36.5 Å². The monoisotopic (exact) mass is 356 g/mol. The molecule has 2 rings (SSSR count). The first-order valence-electron chi connectivity index (χ1n) is 8.79. The first kappa shape index (κ1) is 19.8. The second kappa shape index (κ2) is 9.82. The number of methoxy groups -OCH3 is 2. The van der Waals surface area contributed by atoms with Gasteiger partial charge in [0.05, 0.1) is 20.8 Å². The number of nitrogens with one attached hydrogen (secondary N) is 1. The molecule has 2 aromatic carbocycles. The van der Waals surface area contributed by atoms with Crippen molar-refractivity contribution in [2.75, 3.05) is 27.8 Å². The smallest absolute Gasteiger partial charge is 0.234 e. The van der Waals surface area contributed by atoms with Gasteiger partial charge in [0, 0.05) is 13.1 Å². The highest BCUT2D eigenvalue weighted by Crippen LogP contribution is 2.27. The predicted molar refractivity (Wildman–Crippen MR) is 104 cm³/mol. The van der Waals surface area contributed by atoms with Crippen LogP contribution in [0.4, 0.5) is 0 Å². The fourth-order valence-electron chi connectivity index (χ4n) is 2.74. The van der Waals surface area contributed by atoms with Crippen molar-refractivity contribution in [2.45, 2.75) is 26.4 Å². The van der Waals surface area contributed by atoms with Crippen LogP contribution in [0.1, 0.15) is 23.6 Å². The molecule has 0 aliphatic heterocycles. The number of aryl methyl sites for hydroxylation is 1. The van der Waals surface area contributed by atoms with E-state index in [1.54, 1.807) is 14.2 Å². The van der Waals surface area contributed by atoms with E-state index in [-0.39, 0.29) is 5.91 Å². The molecule has 0 heterocycles. The number of rotatable bonds is 9. The van der Waals surface area contributed by atoms with Crippen molar-refractivity contribution in [1.82, 2.24) is 10.2 Å². The Hall–Kier alpha value is -2.53. The number of ether oxygens (including phenoxy) is 2. The van der Waals surface area contributed by atoms with E-state index in [4.69, 9.17) is 9.47 Å². The molecule has 140 valence electrons. The largest absolute Gasteiger partial charge is 0.493 e. The van der Waals surface area contributed by atoms with E-state index in [0.717, 1.165) is 18.5 Å². The van der Waals surface area contributed by atoms with Crippen LogP contribution in [0.3, 0.4) is 0 Å². The van der Waals surface area contributed by atoms with Gasteiger partial charge in [0.25, 0.3) is 0 Å². The Balaban J connectivity index is 1.82. The van der Waals surface area contributed by atoms with Gasteiger partial charge in [-0.05, 0) is 42.3 Å².